The molecular formula is C17H26N2O2. The van der Waals surface area contributed by atoms with Crippen molar-refractivity contribution in [2.45, 2.75) is 32.2 Å². The molecule has 2 rings (SSSR count). The maximum atomic E-state index is 12.2. The predicted molar refractivity (Wildman–Crippen MR) is 84.3 cm³/mol. The highest BCUT2D eigenvalue weighted by Crippen LogP contribution is 2.26. The van der Waals surface area contributed by atoms with Gasteiger partial charge in [0.05, 0.1) is 19.8 Å². The van der Waals surface area contributed by atoms with Crippen molar-refractivity contribution in [3.05, 3.63) is 35.9 Å². The smallest absolute Gasteiger partial charge is 0.236 e. The Bertz CT molecular complexity index is 453. The van der Waals surface area contributed by atoms with Gasteiger partial charge in [-0.15, -0.1) is 0 Å². The largest absolute Gasteiger partial charge is 0.378 e. The van der Waals surface area contributed by atoms with Crippen LogP contribution in [-0.4, -0.2) is 49.7 Å². The molecule has 1 aromatic carbocycles. The molecule has 1 saturated heterocycles. The van der Waals surface area contributed by atoms with E-state index in [0.717, 1.165) is 0 Å². The highest BCUT2D eigenvalue weighted by molar-refractivity contribution is 5.78. The summed E-state index contributed by atoms with van der Waals surface area (Å²) in [6.45, 7) is 9.65. The Hall–Kier alpha value is -1.39. The minimum absolute atomic E-state index is 0.0213. The van der Waals surface area contributed by atoms with Crippen LogP contribution in [0, 0.1) is 0 Å². The van der Waals surface area contributed by atoms with Gasteiger partial charge in [0.25, 0.3) is 0 Å². The molecule has 1 atom stereocenters. The van der Waals surface area contributed by atoms with Crippen LogP contribution < -0.4 is 5.32 Å². The van der Waals surface area contributed by atoms with Crippen LogP contribution >= 0.6 is 0 Å². The summed E-state index contributed by atoms with van der Waals surface area (Å²) in [7, 11) is 0. The van der Waals surface area contributed by atoms with Crippen molar-refractivity contribution >= 4 is 5.91 Å². The van der Waals surface area contributed by atoms with Gasteiger partial charge < -0.3 is 15.0 Å². The summed E-state index contributed by atoms with van der Waals surface area (Å²) in [5.41, 5.74) is 1.26. The second-order valence-electron chi connectivity index (χ2n) is 6.18. The molecule has 0 aliphatic carbocycles. The highest BCUT2D eigenvalue weighted by Gasteiger charge is 2.28. The van der Waals surface area contributed by atoms with E-state index in [4.69, 9.17) is 4.74 Å². The molecule has 1 fully saturated rings. The van der Waals surface area contributed by atoms with Crippen molar-refractivity contribution < 1.29 is 9.53 Å². The zero-order chi connectivity index (χ0) is 15.3. The van der Waals surface area contributed by atoms with Gasteiger partial charge in [-0.1, -0.05) is 44.2 Å². The second-order valence-corrected chi connectivity index (χ2v) is 6.18. The van der Waals surface area contributed by atoms with Crippen molar-refractivity contribution in [1.29, 1.82) is 0 Å². The summed E-state index contributed by atoms with van der Waals surface area (Å²) in [5, 5.41) is 3.39. The van der Waals surface area contributed by atoms with E-state index in [2.05, 4.69) is 50.4 Å². The molecule has 0 radical (unpaired) electrons. The Labute approximate surface area is 127 Å². The molecule has 116 valence electrons. The number of carbonyl (C=O) groups is 1. The quantitative estimate of drug-likeness (QED) is 0.899. The first-order valence-corrected chi connectivity index (χ1v) is 7.66. The van der Waals surface area contributed by atoms with Gasteiger partial charge in [-0.05, 0) is 12.5 Å². The SMILES string of the molecule is C[C@H](NCC(=O)N1CCOCC1)C(C)(C)c1ccccc1. The summed E-state index contributed by atoms with van der Waals surface area (Å²) in [6, 6.07) is 10.6. The predicted octanol–water partition coefficient (Wildman–Crippen LogP) is 1.80. The Kier molecular flexibility index (Phi) is 5.37. The maximum absolute atomic E-state index is 12.2. The molecule has 4 nitrogen and oxygen atoms in total. The third kappa shape index (κ3) is 4.05. The van der Waals surface area contributed by atoms with Crippen LogP contribution in [0.4, 0.5) is 0 Å². The van der Waals surface area contributed by atoms with Crippen molar-refractivity contribution in [2.75, 3.05) is 32.8 Å². The molecule has 0 unspecified atom stereocenters. The van der Waals surface area contributed by atoms with Gasteiger partial charge in [-0.3, -0.25) is 4.79 Å². The fourth-order valence-corrected chi connectivity index (χ4v) is 2.54. The van der Waals surface area contributed by atoms with E-state index in [9.17, 15) is 4.79 Å². The standard InChI is InChI=1S/C17H26N2O2/c1-14(17(2,3)15-7-5-4-6-8-15)18-13-16(20)19-9-11-21-12-10-19/h4-8,14,18H,9-13H2,1-3H3/t14-/m0/s1. The number of morpholine rings is 1. The molecule has 1 aliphatic heterocycles. The normalized spacial score (nSPS) is 17.6. The van der Waals surface area contributed by atoms with Crippen LogP contribution in [0.1, 0.15) is 26.3 Å². The third-order valence-electron chi connectivity index (χ3n) is 4.52. The van der Waals surface area contributed by atoms with Crippen LogP contribution in [0.2, 0.25) is 0 Å². The average molecular weight is 290 g/mol. The number of benzene rings is 1. The topological polar surface area (TPSA) is 41.6 Å². The van der Waals surface area contributed by atoms with Gasteiger partial charge in [0.1, 0.15) is 0 Å². The molecule has 1 N–H and O–H groups in total. The summed E-state index contributed by atoms with van der Waals surface area (Å²) in [5.74, 6) is 0.161. The van der Waals surface area contributed by atoms with E-state index >= 15 is 0 Å². The first kappa shape index (κ1) is 16.0. The Morgan fingerprint density at radius 1 is 1.29 bits per heavy atom. The van der Waals surface area contributed by atoms with E-state index in [-0.39, 0.29) is 17.4 Å². The fraction of sp³-hybridized carbons (Fsp3) is 0.588. The monoisotopic (exact) mass is 290 g/mol. The minimum atomic E-state index is -0.0213. The van der Waals surface area contributed by atoms with Gasteiger partial charge in [0, 0.05) is 24.5 Å². The van der Waals surface area contributed by atoms with Crippen LogP contribution in [-0.2, 0) is 14.9 Å². The van der Waals surface area contributed by atoms with Gasteiger partial charge in [-0.25, -0.2) is 0 Å². The average Bonchev–Trinajstić information content (AvgIpc) is 2.53. The molecule has 0 bridgehead atoms. The van der Waals surface area contributed by atoms with E-state index in [1.807, 2.05) is 11.0 Å². The van der Waals surface area contributed by atoms with E-state index < -0.39 is 0 Å². The zero-order valence-electron chi connectivity index (χ0n) is 13.3. The van der Waals surface area contributed by atoms with Crippen molar-refractivity contribution in [3.8, 4) is 0 Å². The number of rotatable bonds is 5. The minimum Gasteiger partial charge on any atom is -0.378 e. The molecule has 1 heterocycles. The molecule has 21 heavy (non-hydrogen) atoms. The zero-order valence-corrected chi connectivity index (χ0v) is 13.3. The molecule has 0 spiro atoms. The summed E-state index contributed by atoms with van der Waals surface area (Å²) < 4.78 is 5.27. The number of hydrogen-bond donors (Lipinski definition) is 1. The second kappa shape index (κ2) is 7.05. The van der Waals surface area contributed by atoms with Crippen molar-refractivity contribution in [1.82, 2.24) is 10.2 Å². The number of amides is 1. The van der Waals surface area contributed by atoms with Crippen LogP contribution in [0.3, 0.4) is 0 Å². The summed E-state index contributed by atoms with van der Waals surface area (Å²) >= 11 is 0. The van der Waals surface area contributed by atoms with Crippen LogP contribution in [0.25, 0.3) is 0 Å². The summed E-state index contributed by atoms with van der Waals surface area (Å²) in [4.78, 5) is 14.0. The molecule has 1 aliphatic rings. The van der Waals surface area contributed by atoms with E-state index in [1.165, 1.54) is 5.56 Å². The molecule has 4 heteroatoms. The lowest BCUT2D eigenvalue weighted by Gasteiger charge is -2.34. The summed E-state index contributed by atoms with van der Waals surface area (Å²) in [6.07, 6.45) is 0. The maximum Gasteiger partial charge on any atom is 0.236 e. The van der Waals surface area contributed by atoms with E-state index in [1.54, 1.807) is 0 Å². The molecular weight excluding hydrogens is 264 g/mol. The third-order valence-corrected chi connectivity index (χ3v) is 4.52. The molecule has 1 amide bonds. The first-order chi connectivity index (χ1) is 10.0. The number of carbonyl (C=O) groups excluding carboxylic acids is 1. The highest BCUT2D eigenvalue weighted by atomic mass is 16.5. The number of ether oxygens (including phenoxy) is 1. The number of hydrogen-bond acceptors (Lipinski definition) is 3. The van der Waals surface area contributed by atoms with Crippen molar-refractivity contribution in [3.63, 3.8) is 0 Å². The van der Waals surface area contributed by atoms with Crippen molar-refractivity contribution in [2.24, 2.45) is 0 Å². The number of nitrogens with one attached hydrogen (secondary N) is 1. The van der Waals surface area contributed by atoms with Crippen LogP contribution in [0.15, 0.2) is 30.3 Å². The van der Waals surface area contributed by atoms with Crippen LogP contribution in [0.5, 0.6) is 0 Å². The molecule has 0 saturated carbocycles. The lowest BCUT2D eigenvalue weighted by Crippen LogP contribution is -2.49. The van der Waals surface area contributed by atoms with Gasteiger partial charge in [-0.2, -0.15) is 0 Å². The van der Waals surface area contributed by atoms with E-state index in [0.29, 0.717) is 32.8 Å². The number of nitrogens with zero attached hydrogens (tertiary/aromatic N) is 1. The lowest BCUT2D eigenvalue weighted by atomic mass is 9.78. The molecule has 0 aromatic heterocycles. The Morgan fingerprint density at radius 3 is 2.52 bits per heavy atom. The first-order valence-electron chi connectivity index (χ1n) is 7.66. The Balaban J connectivity index is 1.88. The van der Waals surface area contributed by atoms with Gasteiger partial charge in [0.15, 0.2) is 0 Å². The lowest BCUT2D eigenvalue weighted by molar-refractivity contribution is -0.134. The molecule has 1 aromatic rings. The van der Waals surface area contributed by atoms with Gasteiger partial charge in [0.2, 0.25) is 5.91 Å². The Morgan fingerprint density at radius 2 is 1.90 bits per heavy atom. The van der Waals surface area contributed by atoms with Gasteiger partial charge >= 0.3 is 0 Å². The fourth-order valence-electron chi connectivity index (χ4n) is 2.54.